The number of hydrogen-bond donors (Lipinski definition) is 0. The van der Waals surface area contributed by atoms with E-state index in [1.165, 1.54) is 22.3 Å². The van der Waals surface area contributed by atoms with Crippen molar-refractivity contribution in [3.8, 4) is 56.7 Å². The van der Waals surface area contributed by atoms with E-state index >= 15 is 0 Å². The second-order valence-corrected chi connectivity index (χ2v) is 13.5. The van der Waals surface area contributed by atoms with Gasteiger partial charge in [0.1, 0.15) is 5.52 Å². The molecule has 236 valence electrons. The summed E-state index contributed by atoms with van der Waals surface area (Å²) in [5.74, 6) is 2.51. The summed E-state index contributed by atoms with van der Waals surface area (Å²) >= 11 is 0. The van der Waals surface area contributed by atoms with E-state index in [-0.39, 0.29) is 5.41 Å². The zero-order valence-corrected chi connectivity index (χ0v) is 27.6. The van der Waals surface area contributed by atoms with Gasteiger partial charge in [-0.3, -0.25) is 0 Å². The third kappa shape index (κ3) is 4.33. The minimum atomic E-state index is -0.133. The standard InChI is InChI=1S/C45H30N4O/c1-45(2)37-20-12-11-18-32(37)33-23-21-30(26-38(33)45)43-48-41(27-13-5-3-6-14-27)47-42(49-43)29-22-24-35-36(25-29)31-17-9-10-19-34(31)39-40(35)50-44(46-39)28-15-7-4-8-16-28/h3-26H,1-2H3. The Morgan fingerprint density at radius 2 is 1.00 bits per heavy atom. The molecule has 0 fully saturated rings. The molecule has 2 aromatic heterocycles. The van der Waals surface area contributed by atoms with Crippen molar-refractivity contribution >= 4 is 32.6 Å². The molecule has 7 aromatic carbocycles. The van der Waals surface area contributed by atoms with E-state index in [2.05, 4.69) is 98.8 Å². The van der Waals surface area contributed by atoms with E-state index in [1.807, 2.05) is 60.7 Å². The molecule has 1 aliphatic rings. The Balaban J connectivity index is 1.17. The first kappa shape index (κ1) is 28.5. The van der Waals surface area contributed by atoms with Gasteiger partial charge in [0.25, 0.3) is 0 Å². The van der Waals surface area contributed by atoms with Crippen LogP contribution in [0.2, 0.25) is 0 Å². The molecule has 0 bridgehead atoms. The number of oxazole rings is 1. The Morgan fingerprint density at radius 3 is 1.76 bits per heavy atom. The normalized spacial score (nSPS) is 13.2. The molecule has 0 unspecified atom stereocenters. The Kier molecular flexibility index (Phi) is 6.15. The van der Waals surface area contributed by atoms with Crippen molar-refractivity contribution in [1.82, 2.24) is 19.9 Å². The van der Waals surface area contributed by atoms with Crippen molar-refractivity contribution in [2.45, 2.75) is 19.3 Å². The highest BCUT2D eigenvalue weighted by Gasteiger charge is 2.35. The fourth-order valence-corrected chi connectivity index (χ4v) is 7.61. The summed E-state index contributed by atoms with van der Waals surface area (Å²) in [6.07, 6.45) is 0. The van der Waals surface area contributed by atoms with Crippen LogP contribution >= 0.6 is 0 Å². The lowest BCUT2D eigenvalue weighted by Gasteiger charge is -2.21. The lowest BCUT2D eigenvalue weighted by atomic mass is 9.82. The van der Waals surface area contributed by atoms with E-state index in [4.69, 9.17) is 24.4 Å². The van der Waals surface area contributed by atoms with E-state index in [9.17, 15) is 0 Å². The molecule has 0 saturated heterocycles. The second kappa shape index (κ2) is 10.8. The molecule has 0 saturated carbocycles. The van der Waals surface area contributed by atoms with Gasteiger partial charge in [0.05, 0.1) is 0 Å². The largest absolute Gasteiger partial charge is 0.435 e. The Morgan fingerprint density at radius 1 is 0.420 bits per heavy atom. The lowest BCUT2D eigenvalue weighted by Crippen LogP contribution is -2.15. The van der Waals surface area contributed by atoms with Gasteiger partial charge in [0.2, 0.25) is 5.89 Å². The highest BCUT2D eigenvalue weighted by molar-refractivity contribution is 6.23. The van der Waals surface area contributed by atoms with Gasteiger partial charge < -0.3 is 4.42 Å². The van der Waals surface area contributed by atoms with Crippen molar-refractivity contribution in [3.63, 3.8) is 0 Å². The van der Waals surface area contributed by atoms with Crippen molar-refractivity contribution in [3.05, 3.63) is 157 Å². The molecule has 5 nitrogen and oxygen atoms in total. The molecule has 1 aliphatic carbocycles. The minimum Gasteiger partial charge on any atom is -0.435 e. The van der Waals surface area contributed by atoms with Gasteiger partial charge in [-0.05, 0) is 63.4 Å². The van der Waals surface area contributed by atoms with Crippen LogP contribution in [-0.4, -0.2) is 19.9 Å². The summed E-state index contributed by atoms with van der Waals surface area (Å²) in [6, 6.07) is 50.3. The predicted octanol–water partition coefficient (Wildman–Crippen LogP) is 11.3. The van der Waals surface area contributed by atoms with E-state index in [0.29, 0.717) is 23.4 Å². The molecule has 50 heavy (non-hydrogen) atoms. The number of hydrogen-bond acceptors (Lipinski definition) is 5. The van der Waals surface area contributed by atoms with Crippen molar-refractivity contribution < 1.29 is 4.42 Å². The fraction of sp³-hybridized carbons (Fsp3) is 0.0667. The first-order chi connectivity index (χ1) is 24.5. The first-order valence-electron chi connectivity index (χ1n) is 16.9. The Bertz CT molecular complexity index is 2780. The van der Waals surface area contributed by atoms with Crippen LogP contribution < -0.4 is 0 Å². The van der Waals surface area contributed by atoms with Gasteiger partial charge >= 0.3 is 0 Å². The molecule has 9 aromatic rings. The molecule has 10 rings (SSSR count). The maximum Gasteiger partial charge on any atom is 0.227 e. The molecule has 2 heterocycles. The minimum absolute atomic E-state index is 0.133. The van der Waals surface area contributed by atoms with Crippen LogP contribution in [-0.2, 0) is 5.41 Å². The molecule has 0 N–H and O–H groups in total. The average molecular weight is 643 g/mol. The summed E-state index contributed by atoms with van der Waals surface area (Å²) in [6.45, 7) is 4.59. The quantitative estimate of drug-likeness (QED) is 0.179. The van der Waals surface area contributed by atoms with Gasteiger partial charge in [-0.2, -0.15) is 0 Å². The van der Waals surface area contributed by atoms with Crippen LogP contribution in [0, 0.1) is 0 Å². The van der Waals surface area contributed by atoms with Crippen LogP contribution in [0.3, 0.4) is 0 Å². The summed E-state index contributed by atoms with van der Waals surface area (Å²) in [7, 11) is 0. The van der Waals surface area contributed by atoms with Gasteiger partial charge in [-0.25, -0.2) is 19.9 Å². The third-order valence-electron chi connectivity index (χ3n) is 10.2. The van der Waals surface area contributed by atoms with E-state index in [0.717, 1.165) is 54.9 Å². The fourth-order valence-electron chi connectivity index (χ4n) is 7.61. The van der Waals surface area contributed by atoms with Crippen LogP contribution in [0.4, 0.5) is 0 Å². The lowest BCUT2D eigenvalue weighted by molar-refractivity contribution is 0.623. The van der Waals surface area contributed by atoms with Crippen LogP contribution in [0.5, 0.6) is 0 Å². The van der Waals surface area contributed by atoms with Crippen molar-refractivity contribution in [2.75, 3.05) is 0 Å². The van der Waals surface area contributed by atoms with E-state index in [1.54, 1.807) is 0 Å². The summed E-state index contributed by atoms with van der Waals surface area (Å²) < 4.78 is 6.50. The second-order valence-electron chi connectivity index (χ2n) is 13.5. The maximum absolute atomic E-state index is 6.50. The SMILES string of the molecule is CC1(C)c2ccccc2-c2ccc(-c3nc(-c4ccccc4)nc(-c4ccc5c(c4)c4ccccc4c4nc(-c6ccccc6)oc54)n3)cc21. The van der Waals surface area contributed by atoms with Crippen molar-refractivity contribution in [2.24, 2.45) is 0 Å². The summed E-state index contributed by atoms with van der Waals surface area (Å²) in [5, 5.41) is 4.20. The predicted molar refractivity (Wildman–Crippen MR) is 202 cm³/mol. The molecular formula is C45H30N4O. The van der Waals surface area contributed by atoms with Crippen LogP contribution in [0.15, 0.2) is 150 Å². The van der Waals surface area contributed by atoms with E-state index < -0.39 is 0 Å². The Labute approximate surface area is 289 Å². The molecule has 0 radical (unpaired) electrons. The van der Waals surface area contributed by atoms with Crippen molar-refractivity contribution in [1.29, 1.82) is 0 Å². The highest BCUT2D eigenvalue weighted by atomic mass is 16.3. The van der Waals surface area contributed by atoms with Crippen LogP contribution in [0.25, 0.3) is 89.4 Å². The molecular weight excluding hydrogens is 613 g/mol. The molecule has 0 amide bonds. The summed E-state index contributed by atoms with van der Waals surface area (Å²) in [4.78, 5) is 20.3. The average Bonchev–Trinajstić information content (AvgIpc) is 3.73. The van der Waals surface area contributed by atoms with Gasteiger partial charge in [-0.15, -0.1) is 0 Å². The molecule has 0 atom stereocenters. The zero-order valence-electron chi connectivity index (χ0n) is 27.6. The number of aromatic nitrogens is 4. The zero-order chi connectivity index (χ0) is 33.4. The monoisotopic (exact) mass is 642 g/mol. The number of nitrogens with zero attached hydrogens (tertiary/aromatic N) is 4. The molecule has 0 spiro atoms. The topological polar surface area (TPSA) is 64.7 Å². The number of fused-ring (bicyclic) bond motifs is 9. The van der Waals surface area contributed by atoms with Gasteiger partial charge in [0.15, 0.2) is 23.1 Å². The molecule has 0 aliphatic heterocycles. The maximum atomic E-state index is 6.50. The van der Waals surface area contributed by atoms with Gasteiger partial charge in [0, 0.05) is 38.4 Å². The molecule has 5 heteroatoms. The number of rotatable bonds is 4. The number of benzene rings is 7. The van der Waals surface area contributed by atoms with Crippen LogP contribution in [0.1, 0.15) is 25.0 Å². The Hall–Kier alpha value is -6.46. The third-order valence-corrected chi connectivity index (χ3v) is 10.2. The van der Waals surface area contributed by atoms with Gasteiger partial charge in [-0.1, -0.05) is 129 Å². The smallest absolute Gasteiger partial charge is 0.227 e. The summed E-state index contributed by atoms with van der Waals surface area (Å²) in [5.41, 5.74) is 10.4. The first-order valence-corrected chi connectivity index (χ1v) is 16.9. The highest BCUT2D eigenvalue weighted by Crippen LogP contribution is 2.49.